The molecule has 1 aromatic heterocycles. The second-order valence-electron chi connectivity index (χ2n) is 6.93. The van der Waals surface area contributed by atoms with E-state index in [1.165, 1.54) is 12.8 Å². The Morgan fingerprint density at radius 1 is 1.35 bits per heavy atom. The lowest BCUT2D eigenvalue weighted by atomic mass is 10.2. The minimum atomic E-state index is 0.295. The fourth-order valence-electron chi connectivity index (χ4n) is 3.38. The number of guanidine groups is 1. The van der Waals surface area contributed by atoms with Crippen molar-refractivity contribution in [3.63, 3.8) is 0 Å². The maximum atomic E-state index is 6.05. The van der Waals surface area contributed by atoms with Crippen LogP contribution in [-0.2, 0) is 11.3 Å². The molecule has 1 saturated heterocycles. The first-order chi connectivity index (χ1) is 12.8. The minimum absolute atomic E-state index is 0.295. The van der Waals surface area contributed by atoms with Crippen LogP contribution in [0.3, 0.4) is 0 Å². The lowest BCUT2D eigenvalue weighted by Crippen LogP contribution is -2.39. The molecular weight excluding hydrogens is 330 g/mol. The van der Waals surface area contributed by atoms with Crippen molar-refractivity contribution < 1.29 is 9.47 Å². The van der Waals surface area contributed by atoms with Gasteiger partial charge in [0.2, 0.25) is 5.88 Å². The summed E-state index contributed by atoms with van der Waals surface area (Å²) in [4.78, 5) is 11.2. The molecule has 1 aliphatic heterocycles. The van der Waals surface area contributed by atoms with Gasteiger partial charge in [0.25, 0.3) is 0 Å². The highest BCUT2D eigenvalue weighted by molar-refractivity contribution is 5.77. The third-order valence-corrected chi connectivity index (χ3v) is 4.91. The number of rotatable bonds is 8. The van der Waals surface area contributed by atoms with Crippen LogP contribution in [0.4, 0.5) is 0 Å². The zero-order valence-electron chi connectivity index (χ0n) is 15.5. The smallest absolute Gasteiger partial charge is 0.218 e. The number of nitrogens with two attached hydrogens (primary N) is 1. The zero-order valence-corrected chi connectivity index (χ0v) is 15.5. The van der Waals surface area contributed by atoms with Crippen LogP contribution in [0.1, 0.15) is 37.7 Å². The van der Waals surface area contributed by atoms with E-state index in [9.17, 15) is 0 Å². The van der Waals surface area contributed by atoms with Crippen LogP contribution in [0.5, 0.6) is 5.88 Å². The largest absolute Gasteiger partial charge is 0.474 e. The first-order valence-electron chi connectivity index (χ1n) is 9.76. The summed E-state index contributed by atoms with van der Waals surface area (Å²) in [5.74, 6) is 1.17. The van der Waals surface area contributed by atoms with Gasteiger partial charge in [-0.15, -0.1) is 0 Å². The lowest BCUT2D eigenvalue weighted by Gasteiger charge is -2.26. The number of nitrogens with one attached hydrogen (secondary N) is 1. The van der Waals surface area contributed by atoms with Crippen LogP contribution in [0.2, 0.25) is 0 Å². The van der Waals surface area contributed by atoms with Crippen molar-refractivity contribution in [1.82, 2.24) is 15.2 Å². The Hall–Kier alpha value is -1.86. The van der Waals surface area contributed by atoms with Gasteiger partial charge in [0.15, 0.2) is 5.96 Å². The van der Waals surface area contributed by atoms with Gasteiger partial charge in [0.1, 0.15) is 6.10 Å². The average molecular weight is 361 g/mol. The third-order valence-electron chi connectivity index (χ3n) is 4.91. The number of hydrogen-bond donors (Lipinski definition) is 2. The summed E-state index contributed by atoms with van der Waals surface area (Å²) in [5.41, 5.74) is 6.98. The van der Waals surface area contributed by atoms with E-state index in [4.69, 9.17) is 15.2 Å². The molecule has 2 heterocycles. The van der Waals surface area contributed by atoms with Crippen molar-refractivity contribution in [2.45, 2.75) is 44.8 Å². The average Bonchev–Trinajstić information content (AvgIpc) is 3.18. The third kappa shape index (κ3) is 6.14. The van der Waals surface area contributed by atoms with Crippen molar-refractivity contribution in [1.29, 1.82) is 0 Å². The molecule has 3 rings (SSSR count). The molecule has 0 aromatic carbocycles. The normalized spacial score (nSPS) is 19.6. The molecule has 2 fully saturated rings. The van der Waals surface area contributed by atoms with E-state index < -0.39 is 0 Å². The van der Waals surface area contributed by atoms with Gasteiger partial charge in [-0.2, -0.15) is 0 Å². The predicted molar refractivity (Wildman–Crippen MR) is 102 cm³/mol. The van der Waals surface area contributed by atoms with E-state index in [2.05, 4.69) is 20.2 Å². The Morgan fingerprint density at radius 2 is 2.15 bits per heavy atom. The molecule has 1 aromatic rings. The Labute approximate surface area is 156 Å². The van der Waals surface area contributed by atoms with Gasteiger partial charge in [-0.05, 0) is 44.7 Å². The number of ether oxygens (including phenoxy) is 2. The summed E-state index contributed by atoms with van der Waals surface area (Å²) in [6, 6.07) is 3.92. The number of aromatic nitrogens is 1. The lowest BCUT2D eigenvalue weighted by molar-refractivity contribution is 0.0376. The first kappa shape index (κ1) is 18.9. The number of hydrogen-bond acceptors (Lipinski definition) is 5. The highest BCUT2D eigenvalue weighted by Gasteiger charge is 2.18. The molecule has 144 valence electrons. The van der Waals surface area contributed by atoms with Crippen LogP contribution >= 0.6 is 0 Å². The molecular formula is C19H31N5O2. The van der Waals surface area contributed by atoms with Gasteiger partial charge < -0.3 is 20.5 Å². The van der Waals surface area contributed by atoms with Gasteiger partial charge in [0, 0.05) is 31.4 Å². The van der Waals surface area contributed by atoms with Crippen LogP contribution in [0.25, 0.3) is 0 Å². The number of nitrogens with zero attached hydrogens (tertiary/aromatic N) is 3. The second-order valence-corrected chi connectivity index (χ2v) is 6.93. The molecule has 26 heavy (non-hydrogen) atoms. The monoisotopic (exact) mass is 361 g/mol. The number of aliphatic imine (C=N–C) groups is 1. The van der Waals surface area contributed by atoms with Gasteiger partial charge in [-0.25, -0.2) is 9.98 Å². The minimum Gasteiger partial charge on any atom is -0.474 e. The van der Waals surface area contributed by atoms with Crippen molar-refractivity contribution in [3.8, 4) is 5.88 Å². The molecule has 7 heteroatoms. The van der Waals surface area contributed by atoms with E-state index >= 15 is 0 Å². The van der Waals surface area contributed by atoms with E-state index in [1.54, 1.807) is 6.20 Å². The molecule has 2 aliphatic rings. The van der Waals surface area contributed by atoms with E-state index in [0.29, 0.717) is 24.5 Å². The fraction of sp³-hybridized carbons (Fsp3) is 0.684. The standard InChI is InChI=1S/C19H31N5O2/c20-19(22-9-4-10-24-11-13-25-14-12-24)23-15-16-5-3-8-21-18(16)26-17-6-1-2-7-17/h3,5,8,17H,1-2,4,6-7,9-15H2,(H3,20,22,23). The fourth-order valence-corrected chi connectivity index (χ4v) is 3.38. The molecule has 0 amide bonds. The second kappa shape index (κ2) is 10.3. The molecule has 0 bridgehead atoms. The molecule has 0 unspecified atom stereocenters. The summed E-state index contributed by atoms with van der Waals surface area (Å²) in [6.07, 6.45) is 7.82. The molecule has 1 saturated carbocycles. The van der Waals surface area contributed by atoms with Crippen LogP contribution in [-0.4, -0.2) is 61.3 Å². The van der Waals surface area contributed by atoms with E-state index in [-0.39, 0.29) is 0 Å². The molecule has 0 radical (unpaired) electrons. The van der Waals surface area contributed by atoms with Crippen LogP contribution in [0, 0.1) is 0 Å². The molecule has 7 nitrogen and oxygen atoms in total. The Balaban J connectivity index is 1.40. The maximum Gasteiger partial charge on any atom is 0.218 e. The molecule has 3 N–H and O–H groups in total. The van der Waals surface area contributed by atoms with Gasteiger partial charge >= 0.3 is 0 Å². The molecule has 1 aliphatic carbocycles. The number of pyridine rings is 1. The van der Waals surface area contributed by atoms with Gasteiger partial charge in [-0.1, -0.05) is 6.07 Å². The van der Waals surface area contributed by atoms with Crippen LogP contribution < -0.4 is 15.8 Å². The zero-order chi connectivity index (χ0) is 18.0. The first-order valence-corrected chi connectivity index (χ1v) is 9.76. The topological polar surface area (TPSA) is 85.0 Å². The SMILES string of the molecule is NC(=NCc1cccnc1OC1CCCC1)NCCCN1CCOCC1. The Morgan fingerprint density at radius 3 is 2.96 bits per heavy atom. The van der Waals surface area contributed by atoms with Gasteiger partial charge in [0.05, 0.1) is 19.8 Å². The molecule has 0 spiro atoms. The summed E-state index contributed by atoms with van der Waals surface area (Å²) in [5, 5.41) is 3.19. The Bertz CT molecular complexity index is 569. The molecule has 0 atom stereocenters. The Kier molecular flexibility index (Phi) is 7.51. The quantitative estimate of drug-likeness (QED) is 0.415. The van der Waals surface area contributed by atoms with Crippen molar-refractivity contribution >= 4 is 5.96 Å². The van der Waals surface area contributed by atoms with Gasteiger partial charge in [-0.3, -0.25) is 4.90 Å². The summed E-state index contributed by atoms with van der Waals surface area (Å²) in [6.45, 7) is 6.10. The summed E-state index contributed by atoms with van der Waals surface area (Å²) >= 11 is 0. The van der Waals surface area contributed by atoms with Crippen LogP contribution in [0.15, 0.2) is 23.3 Å². The highest BCUT2D eigenvalue weighted by Crippen LogP contribution is 2.25. The van der Waals surface area contributed by atoms with Crippen molar-refractivity contribution in [2.24, 2.45) is 10.7 Å². The highest BCUT2D eigenvalue weighted by atomic mass is 16.5. The van der Waals surface area contributed by atoms with E-state index in [0.717, 1.165) is 64.2 Å². The maximum absolute atomic E-state index is 6.05. The number of morpholine rings is 1. The summed E-state index contributed by atoms with van der Waals surface area (Å²) < 4.78 is 11.4. The van der Waals surface area contributed by atoms with Crippen molar-refractivity contribution in [3.05, 3.63) is 23.9 Å². The van der Waals surface area contributed by atoms with Crippen molar-refractivity contribution in [2.75, 3.05) is 39.4 Å². The van der Waals surface area contributed by atoms with E-state index in [1.807, 2.05) is 12.1 Å². The predicted octanol–water partition coefficient (Wildman–Crippen LogP) is 1.53. The summed E-state index contributed by atoms with van der Waals surface area (Å²) in [7, 11) is 0.